The molecule has 2 nitrogen and oxygen atoms in total. The highest BCUT2D eigenvalue weighted by Gasteiger charge is 2.32. The van der Waals surface area contributed by atoms with Gasteiger partial charge in [0.1, 0.15) is 5.82 Å². The van der Waals surface area contributed by atoms with Crippen molar-refractivity contribution >= 4 is 0 Å². The molecule has 2 heteroatoms. The molecule has 1 aromatic heterocycles. The van der Waals surface area contributed by atoms with Crippen LogP contribution in [0.3, 0.4) is 0 Å². The number of hydrogen-bond donors (Lipinski definition) is 1. The number of hydrogen-bond acceptors (Lipinski definition) is 1. The van der Waals surface area contributed by atoms with Gasteiger partial charge < -0.3 is 4.98 Å². The molecule has 0 aliphatic carbocycles. The van der Waals surface area contributed by atoms with Crippen LogP contribution in [-0.2, 0) is 10.8 Å². The number of aromatic amines is 1. The third kappa shape index (κ3) is 3.27. The predicted molar refractivity (Wildman–Crippen MR) is 88.5 cm³/mol. The van der Waals surface area contributed by atoms with Crippen molar-refractivity contribution in [1.29, 1.82) is 0 Å². The van der Waals surface area contributed by atoms with E-state index in [1.54, 1.807) is 0 Å². The second-order valence-corrected chi connectivity index (χ2v) is 7.90. The lowest BCUT2D eigenvalue weighted by Gasteiger charge is -2.24. The summed E-state index contributed by atoms with van der Waals surface area (Å²) >= 11 is 0. The normalized spacial score (nSPS) is 14.9. The largest absolute Gasteiger partial charge is 0.345 e. The van der Waals surface area contributed by atoms with Crippen molar-refractivity contribution in [2.24, 2.45) is 5.92 Å². The molecule has 20 heavy (non-hydrogen) atoms. The maximum Gasteiger partial charge on any atom is 0.112 e. The van der Waals surface area contributed by atoms with Gasteiger partial charge in [0.15, 0.2) is 0 Å². The summed E-state index contributed by atoms with van der Waals surface area (Å²) in [5.41, 5.74) is 2.87. The molecular weight excluding hydrogens is 244 g/mol. The van der Waals surface area contributed by atoms with Gasteiger partial charge in [0, 0.05) is 22.4 Å². The van der Waals surface area contributed by atoms with Crippen LogP contribution in [0.25, 0.3) is 0 Å². The molecule has 0 saturated carbocycles. The van der Waals surface area contributed by atoms with Gasteiger partial charge in [-0.15, -0.1) is 0 Å². The van der Waals surface area contributed by atoms with Crippen LogP contribution in [-0.4, -0.2) is 9.97 Å². The summed E-state index contributed by atoms with van der Waals surface area (Å²) in [7, 11) is 0. The Balaban J connectivity index is 3.40. The molecule has 116 valence electrons. The van der Waals surface area contributed by atoms with Crippen LogP contribution >= 0.6 is 0 Å². The Kier molecular flexibility index (Phi) is 5.10. The maximum atomic E-state index is 5.06. The van der Waals surface area contributed by atoms with Crippen LogP contribution in [0, 0.1) is 5.92 Å². The average Bonchev–Trinajstić information content (AvgIpc) is 2.82. The van der Waals surface area contributed by atoms with Crippen molar-refractivity contribution in [3.63, 3.8) is 0 Å². The molecule has 1 atom stereocenters. The number of nitrogens with one attached hydrogen (secondary N) is 1. The van der Waals surface area contributed by atoms with Crippen molar-refractivity contribution in [2.45, 2.75) is 91.9 Å². The van der Waals surface area contributed by atoms with Gasteiger partial charge >= 0.3 is 0 Å². The Bertz CT molecular complexity index is 431. The van der Waals surface area contributed by atoms with Crippen molar-refractivity contribution in [1.82, 2.24) is 9.97 Å². The van der Waals surface area contributed by atoms with E-state index in [1.165, 1.54) is 17.2 Å². The van der Waals surface area contributed by atoms with E-state index < -0.39 is 0 Å². The molecule has 0 saturated heterocycles. The molecule has 0 aliphatic heterocycles. The van der Waals surface area contributed by atoms with Gasteiger partial charge in [-0.2, -0.15) is 0 Å². The first-order valence-corrected chi connectivity index (χ1v) is 8.17. The monoisotopic (exact) mass is 278 g/mol. The number of H-pyrrole nitrogens is 1. The van der Waals surface area contributed by atoms with E-state index in [-0.39, 0.29) is 10.8 Å². The van der Waals surface area contributed by atoms with Gasteiger partial charge in [0.05, 0.1) is 5.69 Å². The summed E-state index contributed by atoms with van der Waals surface area (Å²) in [5, 5.41) is 0. The summed E-state index contributed by atoms with van der Waals surface area (Å²) in [6.07, 6.45) is 2.24. The zero-order valence-corrected chi connectivity index (χ0v) is 15.0. The third-order valence-electron chi connectivity index (χ3n) is 5.05. The fraction of sp³-hybridized carbons (Fsp3) is 0.833. The number of rotatable bonds is 5. The van der Waals surface area contributed by atoms with Gasteiger partial charge in [0.2, 0.25) is 0 Å². The van der Waals surface area contributed by atoms with Gasteiger partial charge in [0.25, 0.3) is 0 Å². The van der Waals surface area contributed by atoms with Gasteiger partial charge in [-0.25, -0.2) is 4.98 Å². The first kappa shape index (κ1) is 17.3. The topological polar surface area (TPSA) is 28.7 Å². The lowest BCUT2D eigenvalue weighted by molar-refractivity contribution is 0.412. The van der Waals surface area contributed by atoms with E-state index in [1.807, 2.05) is 0 Å². The molecule has 0 spiro atoms. The van der Waals surface area contributed by atoms with Crippen LogP contribution in [0.2, 0.25) is 0 Å². The number of nitrogens with zero attached hydrogens (tertiary/aromatic N) is 1. The van der Waals surface area contributed by atoms with Crippen molar-refractivity contribution < 1.29 is 0 Å². The molecule has 0 radical (unpaired) electrons. The van der Waals surface area contributed by atoms with Crippen LogP contribution in [0.5, 0.6) is 0 Å². The lowest BCUT2D eigenvalue weighted by atomic mass is 9.84. The Labute approximate surface area is 125 Å². The number of imidazole rings is 1. The van der Waals surface area contributed by atoms with Crippen molar-refractivity contribution in [2.75, 3.05) is 0 Å². The zero-order chi connectivity index (χ0) is 15.7. The molecule has 1 heterocycles. The van der Waals surface area contributed by atoms with Crippen LogP contribution < -0.4 is 0 Å². The minimum absolute atomic E-state index is 0.117. The predicted octanol–water partition coefficient (Wildman–Crippen LogP) is 5.54. The summed E-state index contributed by atoms with van der Waals surface area (Å²) in [5.74, 6) is 2.28. The zero-order valence-electron chi connectivity index (χ0n) is 15.0. The Morgan fingerprint density at radius 2 is 1.50 bits per heavy atom. The molecule has 1 unspecified atom stereocenters. The molecule has 0 bridgehead atoms. The van der Waals surface area contributed by atoms with Crippen molar-refractivity contribution in [3.8, 4) is 0 Å². The van der Waals surface area contributed by atoms with E-state index in [9.17, 15) is 0 Å². The first-order valence-electron chi connectivity index (χ1n) is 8.17. The minimum Gasteiger partial charge on any atom is -0.345 e. The third-order valence-corrected chi connectivity index (χ3v) is 5.05. The number of aromatic nitrogens is 2. The lowest BCUT2D eigenvalue weighted by Crippen LogP contribution is -2.22. The van der Waals surface area contributed by atoms with Gasteiger partial charge in [-0.3, -0.25) is 0 Å². The standard InChI is InChI=1S/C18H34N2/c1-10-18(9,11-2)16-19-14(13(5)12(3)4)15(20-16)17(6,7)8/h12-13H,10-11H2,1-9H3,(H,19,20). The highest BCUT2D eigenvalue weighted by molar-refractivity contribution is 5.28. The second-order valence-electron chi connectivity index (χ2n) is 7.90. The van der Waals surface area contributed by atoms with Crippen LogP contribution in [0.1, 0.15) is 98.3 Å². The minimum atomic E-state index is 0.117. The van der Waals surface area contributed by atoms with Gasteiger partial charge in [-0.05, 0) is 18.8 Å². The summed E-state index contributed by atoms with van der Waals surface area (Å²) in [4.78, 5) is 8.74. The maximum absolute atomic E-state index is 5.06. The molecule has 0 aliphatic rings. The second kappa shape index (κ2) is 5.91. The van der Waals surface area contributed by atoms with Crippen LogP contribution in [0.15, 0.2) is 0 Å². The Hall–Kier alpha value is -0.790. The van der Waals surface area contributed by atoms with E-state index in [2.05, 4.69) is 67.3 Å². The molecule has 0 amide bonds. The SMILES string of the molecule is CCC(C)(CC)c1nc(C(C)C(C)C)c(C(C)(C)C)[nH]1. The highest BCUT2D eigenvalue weighted by Crippen LogP contribution is 2.36. The Morgan fingerprint density at radius 3 is 1.85 bits per heavy atom. The molecule has 0 fully saturated rings. The van der Waals surface area contributed by atoms with E-state index >= 15 is 0 Å². The Morgan fingerprint density at radius 1 is 1.00 bits per heavy atom. The fourth-order valence-corrected chi connectivity index (χ4v) is 2.47. The quantitative estimate of drug-likeness (QED) is 0.752. The molecule has 0 aromatic carbocycles. The molecular formula is C18H34N2. The van der Waals surface area contributed by atoms with E-state index in [4.69, 9.17) is 4.98 Å². The summed E-state index contributed by atoms with van der Waals surface area (Å²) in [6, 6.07) is 0. The van der Waals surface area contributed by atoms with E-state index in [0.717, 1.165) is 12.8 Å². The molecule has 1 N–H and O–H groups in total. The molecule has 1 aromatic rings. The van der Waals surface area contributed by atoms with Crippen LogP contribution in [0.4, 0.5) is 0 Å². The van der Waals surface area contributed by atoms with Gasteiger partial charge in [-0.1, -0.05) is 62.3 Å². The average molecular weight is 278 g/mol. The summed E-state index contributed by atoms with van der Waals surface area (Å²) < 4.78 is 0. The fourth-order valence-electron chi connectivity index (χ4n) is 2.47. The van der Waals surface area contributed by atoms with Crippen molar-refractivity contribution in [3.05, 3.63) is 17.2 Å². The first-order chi connectivity index (χ1) is 9.06. The summed E-state index contributed by atoms with van der Waals surface area (Å²) in [6.45, 7) is 20.5. The smallest absolute Gasteiger partial charge is 0.112 e. The highest BCUT2D eigenvalue weighted by atomic mass is 15.0. The molecule has 1 rings (SSSR count). The van der Waals surface area contributed by atoms with E-state index in [0.29, 0.717) is 11.8 Å².